The molecule has 0 saturated carbocycles. The summed E-state index contributed by atoms with van der Waals surface area (Å²) in [6.07, 6.45) is -0.463. The number of thiol groups is 1. The van der Waals surface area contributed by atoms with Crippen LogP contribution in [0.3, 0.4) is 0 Å². The number of hydrogen-bond donors (Lipinski definition) is 2. The second-order valence-electron chi connectivity index (χ2n) is 2.03. The van der Waals surface area contributed by atoms with E-state index >= 15 is 0 Å². The van der Waals surface area contributed by atoms with Gasteiger partial charge in [-0.05, 0) is 0 Å². The van der Waals surface area contributed by atoms with Crippen molar-refractivity contribution in [2.75, 3.05) is 0 Å². The molecular weight excluding hydrogens is 184 g/mol. The van der Waals surface area contributed by atoms with Crippen LogP contribution in [0.2, 0.25) is 0 Å². The molecule has 0 amide bonds. The van der Waals surface area contributed by atoms with Crippen LogP contribution in [0.1, 0.15) is 13.3 Å². The standard InChI is InChI=1S/C6H8O5S/c1-3(7)11-6(10)4(12)2-5(8)9/h4,12H,2H2,1H3,(H,8,9). The third-order valence-electron chi connectivity index (χ3n) is 0.884. The molecule has 0 aromatic heterocycles. The molecule has 0 fully saturated rings. The molecule has 0 radical (unpaired) electrons. The van der Waals surface area contributed by atoms with E-state index in [-0.39, 0.29) is 0 Å². The summed E-state index contributed by atoms with van der Waals surface area (Å²) in [7, 11) is 0. The van der Waals surface area contributed by atoms with Gasteiger partial charge in [-0.1, -0.05) is 0 Å². The lowest BCUT2D eigenvalue weighted by atomic mass is 10.3. The quantitative estimate of drug-likeness (QED) is 0.369. The van der Waals surface area contributed by atoms with E-state index in [1.807, 2.05) is 0 Å². The molecular formula is C6H8O5S. The fourth-order valence-corrected chi connectivity index (χ4v) is 0.667. The predicted octanol–water partition coefficient (Wildman–Crippen LogP) is -0.151. The van der Waals surface area contributed by atoms with Crippen LogP contribution in [-0.2, 0) is 19.1 Å². The molecule has 12 heavy (non-hydrogen) atoms. The Balaban J connectivity index is 3.93. The minimum absolute atomic E-state index is 0.463. The zero-order valence-corrected chi connectivity index (χ0v) is 7.21. The molecule has 0 heterocycles. The Morgan fingerprint density at radius 3 is 2.33 bits per heavy atom. The molecule has 0 aliphatic carbocycles. The van der Waals surface area contributed by atoms with Crippen molar-refractivity contribution in [3.63, 3.8) is 0 Å². The number of carbonyl (C=O) groups excluding carboxylic acids is 2. The van der Waals surface area contributed by atoms with Crippen molar-refractivity contribution in [1.82, 2.24) is 0 Å². The first-order chi connectivity index (χ1) is 5.43. The first kappa shape index (κ1) is 11.0. The Morgan fingerprint density at radius 1 is 1.50 bits per heavy atom. The van der Waals surface area contributed by atoms with Crippen molar-refractivity contribution >= 4 is 30.5 Å². The van der Waals surface area contributed by atoms with Gasteiger partial charge in [0.2, 0.25) is 0 Å². The Hall–Kier alpha value is -1.04. The molecule has 0 aromatic rings. The van der Waals surface area contributed by atoms with Gasteiger partial charge in [-0.2, -0.15) is 12.6 Å². The molecule has 0 aliphatic rings. The van der Waals surface area contributed by atoms with Gasteiger partial charge in [0, 0.05) is 6.92 Å². The van der Waals surface area contributed by atoms with Gasteiger partial charge in [-0.15, -0.1) is 0 Å². The smallest absolute Gasteiger partial charge is 0.327 e. The Labute approximate surface area is 74.1 Å². The molecule has 68 valence electrons. The van der Waals surface area contributed by atoms with Gasteiger partial charge in [0.1, 0.15) is 5.25 Å². The molecule has 1 N–H and O–H groups in total. The average molecular weight is 192 g/mol. The van der Waals surface area contributed by atoms with Crippen molar-refractivity contribution in [3.8, 4) is 0 Å². The number of ether oxygens (including phenoxy) is 1. The summed E-state index contributed by atoms with van der Waals surface area (Å²) in [5.41, 5.74) is 0. The summed E-state index contributed by atoms with van der Waals surface area (Å²) < 4.78 is 4.10. The number of rotatable bonds is 3. The van der Waals surface area contributed by atoms with Crippen LogP contribution in [0.25, 0.3) is 0 Å². The van der Waals surface area contributed by atoms with Crippen molar-refractivity contribution in [2.45, 2.75) is 18.6 Å². The maximum atomic E-state index is 10.7. The van der Waals surface area contributed by atoms with E-state index in [0.717, 1.165) is 6.92 Å². The number of aliphatic carboxylic acids is 1. The van der Waals surface area contributed by atoms with Crippen LogP contribution in [0.4, 0.5) is 0 Å². The van der Waals surface area contributed by atoms with E-state index in [2.05, 4.69) is 17.4 Å². The monoisotopic (exact) mass is 192 g/mol. The van der Waals surface area contributed by atoms with Crippen LogP contribution in [-0.4, -0.2) is 28.3 Å². The molecule has 0 rings (SSSR count). The highest BCUT2D eigenvalue weighted by molar-refractivity contribution is 7.81. The molecule has 1 unspecified atom stereocenters. The van der Waals surface area contributed by atoms with E-state index in [0.29, 0.717) is 0 Å². The highest BCUT2D eigenvalue weighted by Crippen LogP contribution is 2.03. The second-order valence-corrected chi connectivity index (χ2v) is 2.65. The number of carboxylic acids is 1. The molecule has 1 atom stereocenters. The molecule has 0 spiro atoms. The minimum Gasteiger partial charge on any atom is -0.481 e. The maximum Gasteiger partial charge on any atom is 0.327 e. The average Bonchev–Trinajstić information content (AvgIpc) is 1.84. The fourth-order valence-electron chi connectivity index (χ4n) is 0.458. The van der Waals surface area contributed by atoms with E-state index in [4.69, 9.17) is 5.11 Å². The van der Waals surface area contributed by atoms with Gasteiger partial charge in [-0.25, -0.2) is 0 Å². The van der Waals surface area contributed by atoms with Crippen LogP contribution in [0.15, 0.2) is 0 Å². The van der Waals surface area contributed by atoms with Gasteiger partial charge in [0.05, 0.1) is 6.42 Å². The maximum absolute atomic E-state index is 10.7. The summed E-state index contributed by atoms with van der Waals surface area (Å²) in [6.45, 7) is 1.05. The normalized spacial score (nSPS) is 11.8. The molecule has 5 nitrogen and oxygen atoms in total. The summed E-state index contributed by atoms with van der Waals surface area (Å²) in [6, 6.07) is 0. The first-order valence-corrected chi connectivity index (χ1v) is 3.57. The number of hydrogen-bond acceptors (Lipinski definition) is 5. The first-order valence-electron chi connectivity index (χ1n) is 3.05. The van der Waals surface area contributed by atoms with Crippen molar-refractivity contribution in [3.05, 3.63) is 0 Å². The lowest BCUT2D eigenvalue weighted by Gasteiger charge is -2.04. The highest BCUT2D eigenvalue weighted by Gasteiger charge is 2.20. The zero-order valence-electron chi connectivity index (χ0n) is 6.31. The van der Waals surface area contributed by atoms with Gasteiger partial charge in [0.15, 0.2) is 0 Å². The summed E-state index contributed by atoms with van der Waals surface area (Å²) in [5.74, 6) is -2.88. The number of carboxylic acid groups (broad SMARTS) is 1. The van der Waals surface area contributed by atoms with Crippen molar-refractivity contribution < 1.29 is 24.2 Å². The topological polar surface area (TPSA) is 80.7 Å². The van der Waals surface area contributed by atoms with Crippen molar-refractivity contribution in [1.29, 1.82) is 0 Å². The third-order valence-corrected chi connectivity index (χ3v) is 1.28. The van der Waals surface area contributed by atoms with Crippen LogP contribution in [0, 0.1) is 0 Å². The third kappa shape index (κ3) is 4.73. The molecule has 0 aliphatic heterocycles. The Kier molecular flexibility index (Phi) is 4.35. The minimum atomic E-state index is -1.17. The van der Waals surface area contributed by atoms with Crippen molar-refractivity contribution in [2.24, 2.45) is 0 Å². The zero-order chi connectivity index (χ0) is 9.72. The van der Waals surface area contributed by atoms with Gasteiger partial charge < -0.3 is 9.84 Å². The van der Waals surface area contributed by atoms with E-state index in [9.17, 15) is 14.4 Å². The Bertz CT molecular complexity index is 212. The SMILES string of the molecule is CC(=O)OC(=O)C(S)CC(=O)O. The summed E-state index contributed by atoms with van der Waals surface area (Å²) >= 11 is 3.63. The van der Waals surface area contributed by atoms with Gasteiger partial charge in [-0.3, -0.25) is 14.4 Å². The summed E-state index contributed by atoms with van der Waals surface area (Å²) in [4.78, 5) is 31.0. The molecule has 0 saturated heterocycles. The van der Waals surface area contributed by atoms with Gasteiger partial charge in [0.25, 0.3) is 0 Å². The van der Waals surface area contributed by atoms with E-state index in [1.165, 1.54) is 0 Å². The van der Waals surface area contributed by atoms with Crippen LogP contribution in [0.5, 0.6) is 0 Å². The Morgan fingerprint density at radius 2 is 2.00 bits per heavy atom. The van der Waals surface area contributed by atoms with Crippen LogP contribution >= 0.6 is 12.6 Å². The van der Waals surface area contributed by atoms with Gasteiger partial charge >= 0.3 is 17.9 Å². The second kappa shape index (κ2) is 4.76. The summed E-state index contributed by atoms with van der Waals surface area (Å²) in [5, 5.41) is 7.13. The molecule has 0 bridgehead atoms. The fraction of sp³-hybridized carbons (Fsp3) is 0.500. The lowest BCUT2D eigenvalue weighted by molar-refractivity contribution is -0.159. The number of carbonyl (C=O) groups is 3. The number of esters is 2. The van der Waals surface area contributed by atoms with E-state index < -0.39 is 29.6 Å². The van der Waals surface area contributed by atoms with E-state index in [1.54, 1.807) is 0 Å². The lowest BCUT2D eigenvalue weighted by Crippen LogP contribution is -2.22. The molecule has 0 aromatic carbocycles. The molecule has 6 heteroatoms. The highest BCUT2D eigenvalue weighted by atomic mass is 32.1. The van der Waals surface area contributed by atoms with Crippen LogP contribution < -0.4 is 0 Å². The predicted molar refractivity (Wildman–Crippen MR) is 41.8 cm³/mol. The largest absolute Gasteiger partial charge is 0.481 e.